The summed E-state index contributed by atoms with van der Waals surface area (Å²) >= 11 is 0. The third-order valence-electron chi connectivity index (χ3n) is 2.14. The molecule has 18 heavy (non-hydrogen) atoms. The van der Waals surface area contributed by atoms with Crippen molar-refractivity contribution in [3.63, 3.8) is 0 Å². The van der Waals surface area contributed by atoms with Crippen LogP contribution in [0, 0.1) is 12.7 Å². The highest BCUT2D eigenvalue weighted by molar-refractivity contribution is 5.57. The predicted molar refractivity (Wildman–Crippen MR) is 54.7 cm³/mol. The number of pyridine rings is 1. The van der Waals surface area contributed by atoms with Gasteiger partial charge in [0.1, 0.15) is 5.82 Å². The molecule has 0 aliphatic carbocycles. The van der Waals surface area contributed by atoms with Crippen molar-refractivity contribution in [2.24, 2.45) is 0 Å². The van der Waals surface area contributed by atoms with Gasteiger partial charge in [-0.2, -0.15) is 13.2 Å². The third-order valence-corrected chi connectivity index (χ3v) is 2.14. The maximum absolute atomic E-state index is 12.9. The molecule has 0 aromatic carbocycles. The Bertz CT molecular complexity index is 563. The van der Waals surface area contributed by atoms with Crippen molar-refractivity contribution in [1.82, 2.24) is 15.0 Å². The van der Waals surface area contributed by atoms with E-state index in [9.17, 15) is 17.6 Å². The first-order valence-electron chi connectivity index (χ1n) is 4.75. The molecule has 0 atom stereocenters. The number of alkyl halides is 3. The van der Waals surface area contributed by atoms with Crippen LogP contribution in [0.3, 0.4) is 0 Å². The first-order valence-corrected chi connectivity index (χ1v) is 4.75. The van der Waals surface area contributed by atoms with Gasteiger partial charge in [-0.15, -0.1) is 0 Å². The maximum Gasteiger partial charge on any atom is 0.451 e. The van der Waals surface area contributed by atoms with Crippen molar-refractivity contribution in [3.05, 3.63) is 48.8 Å². The summed E-state index contributed by atoms with van der Waals surface area (Å²) in [4.78, 5) is 10.1. The molecule has 0 fully saturated rings. The molecule has 0 N–H and O–H groups in total. The zero-order valence-electron chi connectivity index (χ0n) is 8.87. The SMILES string of the molecule is [CH2]c1cc(-c2cnc(C(F)(F)F)nc2)ncc1F. The fourth-order valence-corrected chi connectivity index (χ4v) is 1.24. The first-order chi connectivity index (χ1) is 8.38. The molecule has 7 heteroatoms. The minimum absolute atomic E-state index is 0.0971. The van der Waals surface area contributed by atoms with Gasteiger partial charge in [-0.1, -0.05) is 0 Å². The lowest BCUT2D eigenvalue weighted by molar-refractivity contribution is -0.144. The molecule has 2 heterocycles. The van der Waals surface area contributed by atoms with Crippen LogP contribution in [0.1, 0.15) is 11.4 Å². The van der Waals surface area contributed by atoms with Gasteiger partial charge in [0.2, 0.25) is 5.82 Å². The summed E-state index contributed by atoms with van der Waals surface area (Å²) in [5, 5.41) is 0. The second-order valence-electron chi connectivity index (χ2n) is 3.45. The van der Waals surface area contributed by atoms with E-state index in [4.69, 9.17) is 0 Å². The summed E-state index contributed by atoms with van der Waals surface area (Å²) in [5.74, 6) is -1.82. The Labute approximate surface area is 99.5 Å². The number of rotatable bonds is 1. The normalized spacial score (nSPS) is 11.6. The first kappa shape index (κ1) is 12.4. The fraction of sp³-hybridized carbons (Fsp3) is 0.0909. The van der Waals surface area contributed by atoms with Gasteiger partial charge in [-0.3, -0.25) is 4.98 Å². The minimum Gasteiger partial charge on any atom is -0.253 e. The van der Waals surface area contributed by atoms with Gasteiger partial charge in [-0.25, -0.2) is 14.4 Å². The second kappa shape index (κ2) is 4.32. The Morgan fingerprint density at radius 3 is 2.11 bits per heavy atom. The maximum atomic E-state index is 12.9. The van der Waals surface area contributed by atoms with E-state index in [0.29, 0.717) is 0 Å². The Kier molecular flexibility index (Phi) is 2.98. The van der Waals surface area contributed by atoms with E-state index in [-0.39, 0.29) is 16.8 Å². The van der Waals surface area contributed by atoms with Crippen molar-refractivity contribution in [2.45, 2.75) is 6.18 Å². The highest BCUT2D eigenvalue weighted by Crippen LogP contribution is 2.26. The van der Waals surface area contributed by atoms with Crippen LogP contribution >= 0.6 is 0 Å². The van der Waals surface area contributed by atoms with E-state index in [0.717, 1.165) is 18.6 Å². The Hall–Kier alpha value is -2.05. The lowest BCUT2D eigenvalue weighted by atomic mass is 10.1. The third kappa shape index (κ3) is 2.44. The van der Waals surface area contributed by atoms with Gasteiger partial charge in [-0.05, 0) is 18.6 Å². The summed E-state index contributed by atoms with van der Waals surface area (Å²) in [6, 6.07) is 1.31. The molecule has 0 bridgehead atoms. The number of aromatic nitrogens is 3. The molecule has 1 radical (unpaired) electrons. The number of halogens is 4. The molecule has 0 aliphatic heterocycles. The van der Waals surface area contributed by atoms with Crippen LogP contribution < -0.4 is 0 Å². The van der Waals surface area contributed by atoms with Gasteiger partial charge >= 0.3 is 6.18 Å². The molecular weight excluding hydrogens is 250 g/mol. The van der Waals surface area contributed by atoms with Crippen LogP contribution in [0.25, 0.3) is 11.3 Å². The Balaban J connectivity index is 2.37. The number of hydrogen-bond acceptors (Lipinski definition) is 3. The Morgan fingerprint density at radius 2 is 1.61 bits per heavy atom. The smallest absolute Gasteiger partial charge is 0.253 e. The topological polar surface area (TPSA) is 38.7 Å². The zero-order chi connectivity index (χ0) is 13.3. The monoisotopic (exact) mass is 256 g/mol. The van der Waals surface area contributed by atoms with Crippen LogP contribution in [0.2, 0.25) is 0 Å². The van der Waals surface area contributed by atoms with Crippen molar-refractivity contribution in [2.75, 3.05) is 0 Å². The summed E-state index contributed by atoms with van der Waals surface area (Å²) in [7, 11) is 0. The predicted octanol–water partition coefficient (Wildman–Crippen LogP) is 2.88. The summed E-state index contributed by atoms with van der Waals surface area (Å²) in [6.45, 7) is 3.43. The molecule has 0 aliphatic rings. The summed E-state index contributed by atoms with van der Waals surface area (Å²) < 4.78 is 49.6. The van der Waals surface area contributed by atoms with Crippen molar-refractivity contribution in [3.8, 4) is 11.3 Å². The lowest BCUT2D eigenvalue weighted by Crippen LogP contribution is -2.10. The highest BCUT2D eigenvalue weighted by atomic mass is 19.4. The van der Waals surface area contributed by atoms with Crippen LogP contribution in [-0.4, -0.2) is 15.0 Å². The zero-order valence-corrected chi connectivity index (χ0v) is 8.87. The highest BCUT2D eigenvalue weighted by Gasteiger charge is 2.34. The average molecular weight is 256 g/mol. The van der Waals surface area contributed by atoms with E-state index >= 15 is 0 Å². The quantitative estimate of drug-likeness (QED) is 0.736. The van der Waals surface area contributed by atoms with Gasteiger partial charge in [0, 0.05) is 18.0 Å². The van der Waals surface area contributed by atoms with E-state index in [2.05, 4.69) is 21.9 Å². The summed E-state index contributed by atoms with van der Waals surface area (Å²) in [6.07, 6.45) is -1.69. The van der Waals surface area contributed by atoms with Crippen LogP contribution in [-0.2, 0) is 6.18 Å². The van der Waals surface area contributed by atoms with Crippen LogP contribution in [0.4, 0.5) is 17.6 Å². The molecule has 0 saturated carbocycles. The average Bonchev–Trinajstić information content (AvgIpc) is 2.32. The van der Waals surface area contributed by atoms with Crippen LogP contribution in [0.15, 0.2) is 24.7 Å². The molecule has 93 valence electrons. The van der Waals surface area contributed by atoms with Gasteiger partial charge in [0.15, 0.2) is 0 Å². The molecule has 3 nitrogen and oxygen atoms in total. The molecule has 0 spiro atoms. The van der Waals surface area contributed by atoms with E-state index in [1.165, 1.54) is 6.07 Å². The van der Waals surface area contributed by atoms with E-state index in [1.54, 1.807) is 0 Å². The van der Waals surface area contributed by atoms with Crippen LogP contribution in [0.5, 0.6) is 0 Å². The number of nitrogens with zero attached hydrogens (tertiary/aromatic N) is 3. The standard InChI is InChI=1S/C11H6F4N3/c1-6-2-9(16-5-8(6)12)7-3-17-10(18-4-7)11(13,14)15/h2-5H,1H2. The van der Waals surface area contributed by atoms with Crippen molar-refractivity contribution < 1.29 is 17.6 Å². The molecule has 0 unspecified atom stereocenters. The van der Waals surface area contributed by atoms with Crippen molar-refractivity contribution in [1.29, 1.82) is 0 Å². The largest absolute Gasteiger partial charge is 0.451 e. The number of hydrogen-bond donors (Lipinski definition) is 0. The minimum atomic E-state index is -4.59. The van der Waals surface area contributed by atoms with Crippen molar-refractivity contribution >= 4 is 0 Å². The second-order valence-corrected chi connectivity index (χ2v) is 3.45. The fourth-order valence-electron chi connectivity index (χ4n) is 1.24. The molecule has 2 rings (SSSR count). The lowest BCUT2D eigenvalue weighted by Gasteiger charge is -2.05. The molecule has 2 aromatic rings. The molecule has 2 aromatic heterocycles. The molecule has 0 amide bonds. The Morgan fingerprint density at radius 1 is 1.00 bits per heavy atom. The van der Waals surface area contributed by atoms with E-state index < -0.39 is 17.8 Å². The summed E-state index contributed by atoms with van der Waals surface area (Å²) in [5.41, 5.74) is 0.614. The van der Waals surface area contributed by atoms with Gasteiger partial charge < -0.3 is 0 Å². The van der Waals surface area contributed by atoms with Gasteiger partial charge in [0.25, 0.3) is 0 Å². The molecular formula is C11H6F4N3. The van der Waals surface area contributed by atoms with E-state index in [1.807, 2.05) is 0 Å². The van der Waals surface area contributed by atoms with Gasteiger partial charge in [0.05, 0.1) is 11.9 Å². The molecule has 0 saturated heterocycles.